The van der Waals surface area contributed by atoms with Crippen LogP contribution in [0.4, 0.5) is 0 Å². The van der Waals surface area contributed by atoms with E-state index in [9.17, 15) is 18.0 Å². The molecule has 1 aliphatic heterocycles. The molecule has 3 aromatic carbocycles. The lowest BCUT2D eigenvalue weighted by Crippen LogP contribution is -2.55. The lowest BCUT2D eigenvalue weighted by molar-refractivity contribution is -0.133. The largest absolute Gasteiger partial charge is 0.355 e. The highest BCUT2D eigenvalue weighted by molar-refractivity contribution is 7.87. The third-order valence-corrected chi connectivity index (χ3v) is 9.81. The van der Waals surface area contributed by atoms with E-state index >= 15 is 0 Å². The summed E-state index contributed by atoms with van der Waals surface area (Å²) in [4.78, 5) is 26.4. The Kier molecular flexibility index (Phi) is 10.3. The quantitative estimate of drug-likeness (QED) is 0.343. The molecule has 0 bridgehead atoms. The second-order valence-corrected chi connectivity index (χ2v) is 12.5. The molecule has 0 saturated carbocycles. The van der Waals surface area contributed by atoms with E-state index in [1.165, 1.54) is 9.87 Å². The minimum atomic E-state index is -4.14. The van der Waals surface area contributed by atoms with Crippen LogP contribution in [0.1, 0.15) is 42.0 Å². The fraction of sp³-hybridized carbons (Fsp3) is 0.375. The molecule has 0 aliphatic carbocycles. The number of nitrogens with one attached hydrogen (secondary N) is 1. The Bertz CT molecular complexity index is 1390. The zero-order chi connectivity index (χ0) is 29.3. The van der Waals surface area contributed by atoms with Gasteiger partial charge in [-0.2, -0.15) is 12.7 Å². The number of carbonyl (C=O) groups excluding carboxylic acids is 2. The van der Waals surface area contributed by atoms with Crippen molar-refractivity contribution in [1.82, 2.24) is 13.9 Å². The van der Waals surface area contributed by atoms with Crippen molar-refractivity contribution < 1.29 is 18.0 Å². The molecule has 41 heavy (non-hydrogen) atoms. The number of hydrogen-bond acceptors (Lipinski definition) is 5. The van der Waals surface area contributed by atoms with Crippen molar-refractivity contribution in [2.75, 3.05) is 26.2 Å². The van der Waals surface area contributed by atoms with Crippen molar-refractivity contribution in [2.45, 2.75) is 45.6 Å². The predicted molar refractivity (Wildman–Crippen MR) is 161 cm³/mol. The summed E-state index contributed by atoms with van der Waals surface area (Å²) in [6.45, 7) is 2.37. The molecule has 1 saturated heterocycles. The summed E-state index contributed by atoms with van der Waals surface area (Å²) in [5.41, 5.74) is 8.98. The zero-order valence-electron chi connectivity index (χ0n) is 23.7. The molecule has 3 N–H and O–H groups in total. The molecule has 8 nitrogen and oxygen atoms in total. The fourth-order valence-electron chi connectivity index (χ4n) is 5.35. The number of nitrogens with zero attached hydrogens (tertiary/aromatic N) is 2. The third-order valence-electron chi connectivity index (χ3n) is 7.90. The van der Waals surface area contributed by atoms with Crippen LogP contribution in [-0.4, -0.2) is 55.0 Å². The topological polar surface area (TPSA) is 113 Å². The summed E-state index contributed by atoms with van der Waals surface area (Å²) < 4.78 is 29.5. The molecule has 218 valence electrons. The number of benzene rings is 3. The molecular formula is C32H40N4O4S. The Labute approximate surface area is 243 Å². The van der Waals surface area contributed by atoms with Crippen molar-refractivity contribution in [1.29, 1.82) is 0 Å². The van der Waals surface area contributed by atoms with Gasteiger partial charge in [0, 0.05) is 19.6 Å². The van der Waals surface area contributed by atoms with Crippen molar-refractivity contribution >= 4 is 22.0 Å². The average molecular weight is 577 g/mol. The molecule has 0 spiro atoms. The first-order valence-corrected chi connectivity index (χ1v) is 15.6. The maximum atomic E-state index is 13.7. The van der Waals surface area contributed by atoms with Crippen LogP contribution in [-0.2, 0) is 45.6 Å². The molecule has 4 rings (SSSR count). The van der Waals surface area contributed by atoms with Gasteiger partial charge >= 0.3 is 10.2 Å². The van der Waals surface area contributed by atoms with E-state index in [2.05, 4.69) is 36.5 Å². The predicted octanol–water partition coefficient (Wildman–Crippen LogP) is 3.46. The minimum absolute atomic E-state index is 0.0669. The Balaban J connectivity index is 1.48. The van der Waals surface area contributed by atoms with Gasteiger partial charge < -0.3 is 11.1 Å². The average Bonchev–Trinajstić information content (AvgIpc) is 3.01. The van der Waals surface area contributed by atoms with Gasteiger partial charge in [0.05, 0.1) is 18.5 Å². The van der Waals surface area contributed by atoms with Crippen LogP contribution in [0.25, 0.3) is 0 Å². The van der Waals surface area contributed by atoms with Crippen molar-refractivity contribution in [3.05, 3.63) is 107 Å². The molecule has 0 radical (unpaired) electrons. The standard InChI is InChI=1S/C32H40N4O4S/c1-2-26-13-15-27(16-14-26)17-20-34-31(38)32(23-28-9-5-3-6-10-28)18-21-35(22-19-32)41(39,40)36(30(37)24-33)25-29-11-7-4-8-12-29/h3-16H,2,17-25,33H2,1H3,(H,34,38). The van der Waals surface area contributed by atoms with Crippen LogP contribution in [0.15, 0.2) is 84.9 Å². The van der Waals surface area contributed by atoms with Crippen molar-refractivity contribution in [3.63, 3.8) is 0 Å². The molecular weight excluding hydrogens is 536 g/mol. The van der Waals surface area contributed by atoms with Gasteiger partial charge in [-0.05, 0) is 54.4 Å². The molecule has 2 amide bonds. The van der Waals surface area contributed by atoms with Crippen LogP contribution in [0.5, 0.6) is 0 Å². The van der Waals surface area contributed by atoms with Crippen LogP contribution in [0, 0.1) is 5.41 Å². The highest BCUT2D eigenvalue weighted by Gasteiger charge is 2.45. The number of amides is 2. The summed E-state index contributed by atoms with van der Waals surface area (Å²) in [7, 11) is -4.14. The van der Waals surface area contributed by atoms with Crippen LogP contribution >= 0.6 is 0 Å². The van der Waals surface area contributed by atoms with Crippen molar-refractivity contribution in [2.24, 2.45) is 11.1 Å². The highest BCUT2D eigenvalue weighted by Crippen LogP contribution is 2.37. The maximum Gasteiger partial charge on any atom is 0.306 e. The SMILES string of the molecule is CCc1ccc(CCNC(=O)C2(Cc3ccccc3)CCN(S(=O)(=O)N(Cc3ccccc3)C(=O)CN)CC2)cc1. The van der Waals surface area contributed by atoms with Gasteiger partial charge in [-0.1, -0.05) is 91.9 Å². The van der Waals surface area contributed by atoms with Crippen LogP contribution in [0.2, 0.25) is 0 Å². The molecule has 1 aliphatic rings. The Morgan fingerprint density at radius 2 is 1.41 bits per heavy atom. The second-order valence-electron chi connectivity index (χ2n) is 10.6. The van der Waals surface area contributed by atoms with Gasteiger partial charge in [0.2, 0.25) is 5.91 Å². The van der Waals surface area contributed by atoms with E-state index in [0.29, 0.717) is 37.8 Å². The number of hydrogen-bond donors (Lipinski definition) is 2. The first kappa shape index (κ1) is 30.4. The van der Waals surface area contributed by atoms with Crippen LogP contribution in [0.3, 0.4) is 0 Å². The van der Waals surface area contributed by atoms with Gasteiger partial charge in [0.25, 0.3) is 5.91 Å². The van der Waals surface area contributed by atoms with E-state index in [-0.39, 0.29) is 25.5 Å². The van der Waals surface area contributed by atoms with E-state index in [1.807, 2.05) is 36.4 Å². The molecule has 1 fully saturated rings. The fourth-order valence-corrected chi connectivity index (χ4v) is 6.92. The Morgan fingerprint density at radius 1 is 0.854 bits per heavy atom. The minimum Gasteiger partial charge on any atom is -0.355 e. The van der Waals surface area contributed by atoms with E-state index in [0.717, 1.165) is 21.9 Å². The number of carbonyl (C=O) groups is 2. The van der Waals surface area contributed by atoms with Gasteiger partial charge in [-0.3, -0.25) is 9.59 Å². The molecule has 3 aromatic rings. The first-order chi connectivity index (χ1) is 19.8. The summed E-state index contributed by atoms with van der Waals surface area (Å²) in [6, 6.07) is 27.2. The Hall–Kier alpha value is -3.53. The second kappa shape index (κ2) is 13.9. The smallest absolute Gasteiger partial charge is 0.306 e. The van der Waals surface area contributed by atoms with Gasteiger partial charge in [-0.15, -0.1) is 0 Å². The number of aryl methyl sites for hydroxylation is 1. The summed E-state index contributed by atoms with van der Waals surface area (Å²) in [5.74, 6) is -0.734. The molecule has 0 unspecified atom stereocenters. The molecule has 1 heterocycles. The monoisotopic (exact) mass is 576 g/mol. The van der Waals surface area contributed by atoms with Gasteiger partial charge in [-0.25, -0.2) is 4.31 Å². The third kappa shape index (κ3) is 7.61. The van der Waals surface area contributed by atoms with E-state index in [4.69, 9.17) is 5.73 Å². The Morgan fingerprint density at radius 3 is 1.98 bits per heavy atom. The summed E-state index contributed by atoms with van der Waals surface area (Å²) >= 11 is 0. The normalized spacial score (nSPS) is 15.3. The van der Waals surface area contributed by atoms with Gasteiger partial charge in [0.1, 0.15) is 0 Å². The van der Waals surface area contributed by atoms with E-state index in [1.54, 1.807) is 24.3 Å². The summed E-state index contributed by atoms with van der Waals surface area (Å²) in [5, 5.41) is 3.14. The lowest BCUT2D eigenvalue weighted by atomic mass is 9.73. The molecule has 0 atom stereocenters. The maximum absolute atomic E-state index is 13.7. The summed E-state index contributed by atoms with van der Waals surface area (Å²) in [6.07, 6.45) is 2.89. The van der Waals surface area contributed by atoms with Crippen molar-refractivity contribution in [3.8, 4) is 0 Å². The number of rotatable bonds is 12. The first-order valence-electron chi connectivity index (χ1n) is 14.2. The van der Waals surface area contributed by atoms with Crippen LogP contribution < -0.4 is 11.1 Å². The molecule has 0 aromatic heterocycles. The van der Waals surface area contributed by atoms with Gasteiger partial charge in [0.15, 0.2) is 0 Å². The number of piperidine rings is 1. The molecule has 9 heteroatoms. The number of nitrogens with two attached hydrogens (primary N) is 1. The highest BCUT2D eigenvalue weighted by atomic mass is 32.2. The van der Waals surface area contributed by atoms with E-state index < -0.39 is 28.1 Å². The zero-order valence-corrected chi connectivity index (χ0v) is 24.5. The lowest BCUT2D eigenvalue weighted by Gasteiger charge is -2.41.